The third-order valence-corrected chi connectivity index (χ3v) is 7.72. The average Bonchev–Trinajstić information content (AvgIpc) is 3.50. The maximum atomic E-state index is 14.5. The summed E-state index contributed by atoms with van der Waals surface area (Å²) >= 11 is 0. The Balaban J connectivity index is 1.69. The molecule has 2 saturated heterocycles. The Hall–Kier alpha value is -3.67. The van der Waals surface area contributed by atoms with E-state index in [0.29, 0.717) is 68.8 Å². The molecule has 248 valence electrons. The van der Waals surface area contributed by atoms with E-state index < -0.39 is 23.7 Å². The number of furan rings is 1. The molecule has 0 aromatic carbocycles. The number of piperidine rings is 1. The number of hydrogen-bond acceptors (Lipinski definition) is 9. The summed E-state index contributed by atoms with van der Waals surface area (Å²) in [6, 6.07) is 3.23. The van der Waals surface area contributed by atoms with Crippen LogP contribution >= 0.6 is 0 Å². The first-order chi connectivity index (χ1) is 21.1. The molecule has 2 fully saturated rings. The number of rotatable bonds is 8. The molecule has 12 heteroatoms. The molecule has 4 heterocycles. The quantitative estimate of drug-likeness (QED) is 0.448. The zero-order valence-electron chi connectivity index (χ0n) is 28.1. The van der Waals surface area contributed by atoms with E-state index in [2.05, 4.69) is 10.3 Å². The Kier molecular flexibility index (Phi) is 10.8. The maximum absolute atomic E-state index is 14.5. The number of carbonyl (C=O) groups excluding carboxylic acids is 3. The van der Waals surface area contributed by atoms with Gasteiger partial charge in [0.1, 0.15) is 28.6 Å². The predicted molar refractivity (Wildman–Crippen MR) is 170 cm³/mol. The fourth-order valence-corrected chi connectivity index (χ4v) is 5.56. The number of morpholine rings is 1. The highest BCUT2D eigenvalue weighted by Crippen LogP contribution is 2.29. The van der Waals surface area contributed by atoms with Crippen LogP contribution in [0.5, 0.6) is 0 Å². The summed E-state index contributed by atoms with van der Waals surface area (Å²) in [6.07, 6.45) is 3.10. The van der Waals surface area contributed by atoms with Gasteiger partial charge in [-0.25, -0.2) is 14.8 Å². The first-order valence-electron chi connectivity index (χ1n) is 15.9. The first-order valence-corrected chi connectivity index (χ1v) is 15.9. The lowest BCUT2D eigenvalue weighted by atomic mass is 9.91. The van der Waals surface area contributed by atoms with Crippen LogP contribution in [0.25, 0.3) is 0 Å². The summed E-state index contributed by atoms with van der Waals surface area (Å²) in [5, 5.41) is 3.29. The number of ether oxygens (including phenoxy) is 2. The third-order valence-electron chi connectivity index (χ3n) is 7.72. The predicted octanol–water partition coefficient (Wildman–Crippen LogP) is 4.56. The molecule has 3 amide bonds. The molecule has 2 aliphatic rings. The zero-order chi connectivity index (χ0) is 32.9. The zero-order valence-corrected chi connectivity index (χ0v) is 28.1. The molecule has 0 aliphatic carbocycles. The van der Waals surface area contributed by atoms with Crippen molar-refractivity contribution in [1.29, 1.82) is 0 Å². The van der Waals surface area contributed by atoms with Gasteiger partial charge in [-0.15, -0.1) is 0 Å². The fraction of sp³-hybridized carbons (Fsp3) is 0.667. The van der Waals surface area contributed by atoms with Crippen LogP contribution in [0.15, 0.2) is 29.0 Å². The van der Waals surface area contributed by atoms with E-state index >= 15 is 0 Å². The summed E-state index contributed by atoms with van der Waals surface area (Å²) in [5.41, 5.74) is -0.729. The SMILES string of the molecule is CC(C)CN(C(=O)c1cnc(C(C)(C)C)nc1NCc1ccco1)[C@H]1CC(C(=O)N2CCOCC2)CN(C(=O)OC(C)(C)C)C1. The highest BCUT2D eigenvalue weighted by molar-refractivity contribution is 5.98. The molecule has 2 atom stereocenters. The van der Waals surface area contributed by atoms with Crippen molar-refractivity contribution in [2.75, 3.05) is 51.3 Å². The Morgan fingerprint density at radius 1 is 1.09 bits per heavy atom. The Bertz CT molecular complexity index is 1310. The number of amides is 3. The lowest BCUT2D eigenvalue weighted by Crippen LogP contribution is -2.58. The first kappa shape index (κ1) is 34.2. The fourth-order valence-electron chi connectivity index (χ4n) is 5.56. The van der Waals surface area contributed by atoms with Gasteiger partial charge >= 0.3 is 6.09 Å². The van der Waals surface area contributed by atoms with Crippen LogP contribution in [-0.2, 0) is 26.2 Å². The van der Waals surface area contributed by atoms with Crippen LogP contribution in [0, 0.1) is 11.8 Å². The van der Waals surface area contributed by atoms with E-state index in [1.165, 1.54) is 0 Å². The molecule has 2 aliphatic heterocycles. The Labute approximate surface area is 266 Å². The van der Waals surface area contributed by atoms with E-state index in [4.69, 9.17) is 18.9 Å². The number of nitrogens with one attached hydrogen (secondary N) is 1. The van der Waals surface area contributed by atoms with Gasteiger partial charge in [0.2, 0.25) is 5.91 Å². The Morgan fingerprint density at radius 2 is 1.80 bits per heavy atom. The van der Waals surface area contributed by atoms with Crippen molar-refractivity contribution in [3.05, 3.63) is 41.7 Å². The van der Waals surface area contributed by atoms with Crippen LogP contribution in [0.1, 0.15) is 83.8 Å². The van der Waals surface area contributed by atoms with Crippen molar-refractivity contribution in [2.45, 2.75) is 85.4 Å². The van der Waals surface area contributed by atoms with Gasteiger partial charge in [0.15, 0.2) is 0 Å². The van der Waals surface area contributed by atoms with Gasteiger partial charge in [-0.05, 0) is 45.2 Å². The van der Waals surface area contributed by atoms with Crippen LogP contribution in [0.2, 0.25) is 0 Å². The minimum absolute atomic E-state index is 0.0350. The van der Waals surface area contributed by atoms with E-state index in [1.54, 1.807) is 27.2 Å². The van der Waals surface area contributed by atoms with Crippen molar-refractivity contribution in [2.24, 2.45) is 11.8 Å². The molecule has 0 radical (unpaired) electrons. The van der Waals surface area contributed by atoms with Crippen LogP contribution in [-0.4, -0.2) is 100 Å². The molecule has 2 aromatic rings. The average molecular weight is 627 g/mol. The molecule has 1 unspecified atom stereocenters. The molecule has 45 heavy (non-hydrogen) atoms. The van der Waals surface area contributed by atoms with Crippen molar-refractivity contribution < 1.29 is 28.3 Å². The van der Waals surface area contributed by atoms with Crippen molar-refractivity contribution in [1.82, 2.24) is 24.7 Å². The molecular formula is C33H50N6O6. The molecule has 0 spiro atoms. The van der Waals surface area contributed by atoms with Gasteiger partial charge in [-0.3, -0.25) is 9.59 Å². The third kappa shape index (κ3) is 9.18. The van der Waals surface area contributed by atoms with Crippen LogP contribution in [0.3, 0.4) is 0 Å². The van der Waals surface area contributed by atoms with Crippen LogP contribution < -0.4 is 5.32 Å². The van der Waals surface area contributed by atoms with Crippen molar-refractivity contribution >= 4 is 23.7 Å². The van der Waals surface area contributed by atoms with Gasteiger partial charge in [0, 0.05) is 44.3 Å². The minimum Gasteiger partial charge on any atom is -0.467 e. The van der Waals surface area contributed by atoms with Gasteiger partial charge in [0.05, 0.1) is 38.0 Å². The molecule has 1 N–H and O–H groups in total. The number of carbonyl (C=O) groups is 3. The normalized spacial score (nSPS) is 19.4. The van der Waals surface area contributed by atoms with E-state index in [-0.39, 0.29) is 36.2 Å². The highest BCUT2D eigenvalue weighted by Gasteiger charge is 2.41. The largest absolute Gasteiger partial charge is 0.467 e. The molecule has 0 saturated carbocycles. The topological polar surface area (TPSA) is 130 Å². The second kappa shape index (κ2) is 14.2. The molecule has 12 nitrogen and oxygen atoms in total. The summed E-state index contributed by atoms with van der Waals surface area (Å²) in [4.78, 5) is 56.2. The highest BCUT2D eigenvalue weighted by atomic mass is 16.6. The molecule has 4 rings (SSSR count). The van der Waals surface area contributed by atoms with Gasteiger partial charge < -0.3 is 33.9 Å². The van der Waals surface area contributed by atoms with E-state index in [9.17, 15) is 14.4 Å². The summed E-state index contributed by atoms with van der Waals surface area (Å²) in [6.45, 7) is 18.8. The van der Waals surface area contributed by atoms with Gasteiger partial charge in [-0.2, -0.15) is 0 Å². The maximum Gasteiger partial charge on any atom is 0.410 e. The number of nitrogens with zero attached hydrogens (tertiary/aromatic N) is 5. The number of aromatic nitrogens is 2. The number of anilines is 1. The lowest BCUT2D eigenvalue weighted by Gasteiger charge is -2.44. The second-order valence-electron chi connectivity index (χ2n) is 14.4. The minimum atomic E-state index is -0.706. The number of hydrogen-bond donors (Lipinski definition) is 1. The van der Waals surface area contributed by atoms with Crippen LogP contribution in [0.4, 0.5) is 10.6 Å². The lowest BCUT2D eigenvalue weighted by molar-refractivity contribution is -0.142. The smallest absolute Gasteiger partial charge is 0.410 e. The monoisotopic (exact) mass is 626 g/mol. The standard InChI is InChI=1S/C33H50N6O6/c1-22(2)19-39(29(41)26-18-35-30(32(3,4)5)36-27(26)34-17-25-10-9-13-44-25)24-16-23(28(40)37-11-14-43-15-12-37)20-38(21-24)31(42)45-33(6,7)8/h9-10,13,18,22-24H,11-12,14-17,19-21H2,1-8H3,(H,34,35,36)/t23?,24-/m0/s1. The van der Waals surface area contributed by atoms with Crippen molar-refractivity contribution in [3.8, 4) is 0 Å². The summed E-state index contributed by atoms with van der Waals surface area (Å²) in [7, 11) is 0. The Morgan fingerprint density at radius 3 is 2.40 bits per heavy atom. The summed E-state index contributed by atoms with van der Waals surface area (Å²) in [5.74, 6) is 1.04. The van der Waals surface area contributed by atoms with Gasteiger partial charge in [0.25, 0.3) is 5.91 Å². The van der Waals surface area contributed by atoms with Crippen molar-refractivity contribution in [3.63, 3.8) is 0 Å². The second-order valence-corrected chi connectivity index (χ2v) is 14.4. The van der Waals surface area contributed by atoms with E-state index in [1.807, 2.05) is 67.5 Å². The van der Waals surface area contributed by atoms with Gasteiger partial charge in [-0.1, -0.05) is 34.6 Å². The number of likely N-dealkylation sites (tertiary alicyclic amines) is 1. The molecule has 2 aromatic heterocycles. The van der Waals surface area contributed by atoms with E-state index in [0.717, 1.165) is 0 Å². The molecular weight excluding hydrogens is 576 g/mol. The molecule has 0 bridgehead atoms. The summed E-state index contributed by atoms with van der Waals surface area (Å²) < 4.78 is 16.7.